The molecule has 0 aromatic heterocycles. The van der Waals surface area contributed by atoms with Crippen molar-refractivity contribution in [1.82, 2.24) is 4.90 Å². The van der Waals surface area contributed by atoms with E-state index in [1.165, 1.54) is 11.1 Å². The Labute approximate surface area is 205 Å². The molecule has 1 saturated heterocycles. The van der Waals surface area contributed by atoms with Gasteiger partial charge in [0.05, 0.1) is 13.0 Å². The first-order valence-electron chi connectivity index (χ1n) is 11.4. The molecule has 1 unspecified atom stereocenters. The van der Waals surface area contributed by atoms with Crippen molar-refractivity contribution in [3.05, 3.63) is 63.1 Å². The standard InChI is InChI=1S/C26H31Cl2NO4/c1-25(2,3)33-24(30)10-12-29-13-14-32-26(17-29)11-9-18-15-19(7-8-21(18)26)31-16-20-22(27)5-4-6-23(20)28/h4-8,15H,9-14,16-17H2,1-3H3. The van der Waals surface area contributed by atoms with Crippen molar-refractivity contribution in [2.24, 2.45) is 0 Å². The number of esters is 1. The maximum atomic E-state index is 12.1. The lowest BCUT2D eigenvalue weighted by Crippen LogP contribution is -2.49. The normalized spacial score (nSPS) is 20.6. The van der Waals surface area contributed by atoms with E-state index in [0.29, 0.717) is 36.2 Å². The lowest BCUT2D eigenvalue weighted by molar-refractivity contribution is -0.156. The Hall–Kier alpha value is -1.79. The van der Waals surface area contributed by atoms with E-state index in [9.17, 15) is 4.79 Å². The number of ether oxygens (including phenoxy) is 3. The van der Waals surface area contributed by atoms with Gasteiger partial charge in [-0.25, -0.2) is 0 Å². The second kappa shape index (κ2) is 9.83. The van der Waals surface area contributed by atoms with Crippen LogP contribution in [-0.4, -0.2) is 42.7 Å². The van der Waals surface area contributed by atoms with E-state index >= 15 is 0 Å². The average Bonchev–Trinajstić information content (AvgIpc) is 3.08. The summed E-state index contributed by atoms with van der Waals surface area (Å²) in [5.74, 6) is 0.634. The van der Waals surface area contributed by atoms with Gasteiger partial charge in [-0.05, 0) is 69.0 Å². The number of nitrogens with zero attached hydrogens (tertiary/aromatic N) is 1. The number of carbonyl (C=O) groups excluding carboxylic acids is 1. The van der Waals surface area contributed by atoms with Gasteiger partial charge in [-0.2, -0.15) is 0 Å². The molecule has 1 heterocycles. The van der Waals surface area contributed by atoms with Crippen molar-refractivity contribution in [3.8, 4) is 5.75 Å². The minimum Gasteiger partial charge on any atom is -0.489 e. The van der Waals surface area contributed by atoms with Crippen molar-refractivity contribution < 1.29 is 19.0 Å². The van der Waals surface area contributed by atoms with Gasteiger partial charge in [-0.1, -0.05) is 35.3 Å². The Morgan fingerprint density at radius 3 is 2.67 bits per heavy atom. The number of fused-ring (bicyclic) bond motifs is 2. The second-order valence-electron chi connectivity index (χ2n) is 9.76. The smallest absolute Gasteiger partial charge is 0.307 e. The number of rotatable bonds is 6. The number of hydrogen-bond donors (Lipinski definition) is 0. The van der Waals surface area contributed by atoms with Crippen LogP contribution in [0.1, 0.15) is 50.3 Å². The minimum absolute atomic E-state index is 0.157. The zero-order valence-electron chi connectivity index (χ0n) is 19.5. The fourth-order valence-corrected chi connectivity index (χ4v) is 5.12. The Bertz CT molecular complexity index is 1000. The maximum absolute atomic E-state index is 12.1. The molecule has 4 rings (SSSR count). The Kier molecular flexibility index (Phi) is 7.25. The van der Waals surface area contributed by atoms with Gasteiger partial charge in [-0.3, -0.25) is 9.69 Å². The second-order valence-corrected chi connectivity index (χ2v) is 10.6. The summed E-state index contributed by atoms with van der Waals surface area (Å²) < 4.78 is 17.8. The summed E-state index contributed by atoms with van der Waals surface area (Å²) in [5, 5.41) is 1.20. The number of benzene rings is 2. The van der Waals surface area contributed by atoms with Crippen molar-refractivity contribution in [2.75, 3.05) is 26.2 Å². The molecule has 0 saturated carbocycles. The first-order valence-corrected chi connectivity index (χ1v) is 12.2. The van der Waals surface area contributed by atoms with Crippen molar-refractivity contribution in [1.29, 1.82) is 0 Å². The maximum Gasteiger partial charge on any atom is 0.307 e. The van der Waals surface area contributed by atoms with Crippen LogP contribution in [0.25, 0.3) is 0 Å². The molecular formula is C26H31Cl2NO4. The van der Waals surface area contributed by atoms with E-state index in [0.717, 1.165) is 37.2 Å². The molecule has 5 nitrogen and oxygen atoms in total. The van der Waals surface area contributed by atoms with Crippen LogP contribution in [-0.2, 0) is 32.9 Å². The van der Waals surface area contributed by atoms with E-state index in [2.05, 4.69) is 17.0 Å². The third-order valence-corrected chi connectivity index (χ3v) is 6.84. The number of aryl methyl sites for hydroxylation is 1. The summed E-state index contributed by atoms with van der Waals surface area (Å²) in [7, 11) is 0. The van der Waals surface area contributed by atoms with Gasteiger partial charge >= 0.3 is 5.97 Å². The predicted octanol–water partition coefficient (Wildman–Crippen LogP) is 5.78. The van der Waals surface area contributed by atoms with Gasteiger partial charge in [0.1, 0.15) is 23.6 Å². The van der Waals surface area contributed by atoms with Gasteiger partial charge in [0, 0.05) is 35.2 Å². The van der Waals surface area contributed by atoms with Crippen molar-refractivity contribution in [2.45, 2.75) is 57.8 Å². The molecule has 0 radical (unpaired) electrons. The van der Waals surface area contributed by atoms with E-state index in [1.807, 2.05) is 45.0 Å². The monoisotopic (exact) mass is 491 g/mol. The molecule has 2 aromatic rings. The number of morpholine rings is 1. The Morgan fingerprint density at radius 1 is 1.18 bits per heavy atom. The topological polar surface area (TPSA) is 48.0 Å². The van der Waals surface area contributed by atoms with Crippen LogP contribution in [0, 0.1) is 0 Å². The average molecular weight is 492 g/mol. The van der Waals surface area contributed by atoms with Crippen LogP contribution in [0.2, 0.25) is 10.0 Å². The first-order chi connectivity index (χ1) is 15.7. The predicted molar refractivity (Wildman–Crippen MR) is 130 cm³/mol. The SMILES string of the molecule is CC(C)(C)OC(=O)CCN1CCOC2(CCc3cc(OCc4c(Cl)cccc4Cl)ccc32)C1. The highest BCUT2D eigenvalue weighted by atomic mass is 35.5. The highest BCUT2D eigenvalue weighted by Crippen LogP contribution is 2.43. The Balaban J connectivity index is 1.40. The molecule has 178 valence electrons. The fraction of sp³-hybridized carbons (Fsp3) is 0.500. The fourth-order valence-electron chi connectivity index (χ4n) is 4.61. The lowest BCUT2D eigenvalue weighted by atomic mass is 9.93. The minimum atomic E-state index is -0.454. The van der Waals surface area contributed by atoms with Crippen LogP contribution in [0.15, 0.2) is 36.4 Å². The highest BCUT2D eigenvalue weighted by Gasteiger charge is 2.43. The summed E-state index contributed by atoms with van der Waals surface area (Å²) in [5.41, 5.74) is 2.46. The van der Waals surface area contributed by atoms with Crippen LogP contribution in [0.4, 0.5) is 0 Å². The zero-order valence-corrected chi connectivity index (χ0v) is 21.0. The van der Waals surface area contributed by atoms with Gasteiger partial charge in [-0.15, -0.1) is 0 Å². The summed E-state index contributed by atoms with van der Waals surface area (Å²) in [6, 6.07) is 11.6. The molecule has 0 bridgehead atoms. The third-order valence-electron chi connectivity index (χ3n) is 6.13. The van der Waals surface area contributed by atoms with Crippen LogP contribution >= 0.6 is 23.2 Å². The van der Waals surface area contributed by atoms with Crippen LogP contribution in [0.5, 0.6) is 5.75 Å². The summed E-state index contributed by atoms with van der Waals surface area (Å²) in [6.07, 6.45) is 2.24. The van der Waals surface area contributed by atoms with Gasteiger partial charge < -0.3 is 14.2 Å². The molecule has 1 aliphatic carbocycles. The molecule has 0 amide bonds. The third kappa shape index (κ3) is 5.83. The molecule has 7 heteroatoms. The molecule has 33 heavy (non-hydrogen) atoms. The largest absolute Gasteiger partial charge is 0.489 e. The summed E-state index contributed by atoms with van der Waals surface area (Å²) in [4.78, 5) is 14.5. The molecule has 1 aliphatic heterocycles. The lowest BCUT2D eigenvalue weighted by Gasteiger charge is -2.41. The van der Waals surface area contributed by atoms with E-state index in [1.54, 1.807) is 0 Å². The van der Waals surface area contributed by atoms with Crippen molar-refractivity contribution >= 4 is 29.2 Å². The quantitative estimate of drug-likeness (QED) is 0.479. The van der Waals surface area contributed by atoms with E-state index < -0.39 is 5.60 Å². The summed E-state index contributed by atoms with van der Waals surface area (Å²) >= 11 is 12.5. The molecular weight excluding hydrogens is 461 g/mol. The van der Waals surface area contributed by atoms with E-state index in [-0.39, 0.29) is 11.6 Å². The highest BCUT2D eigenvalue weighted by molar-refractivity contribution is 6.35. The van der Waals surface area contributed by atoms with Gasteiger partial charge in [0.15, 0.2) is 0 Å². The van der Waals surface area contributed by atoms with Crippen LogP contribution in [0.3, 0.4) is 0 Å². The van der Waals surface area contributed by atoms with Gasteiger partial charge in [0.25, 0.3) is 0 Å². The molecule has 0 N–H and O–H groups in total. The molecule has 1 spiro atoms. The molecule has 1 fully saturated rings. The van der Waals surface area contributed by atoms with Gasteiger partial charge in [0.2, 0.25) is 0 Å². The Morgan fingerprint density at radius 2 is 1.94 bits per heavy atom. The number of halogens is 2. The van der Waals surface area contributed by atoms with Crippen molar-refractivity contribution in [3.63, 3.8) is 0 Å². The first kappa shape index (κ1) is 24.3. The zero-order chi connectivity index (χ0) is 23.6. The molecule has 1 atom stereocenters. The number of hydrogen-bond acceptors (Lipinski definition) is 5. The van der Waals surface area contributed by atoms with Crippen LogP contribution < -0.4 is 4.74 Å². The van der Waals surface area contributed by atoms with E-state index in [4.69, 9.17) is 37.4 Å². The number of carbonyl (C=O) groups is 1. The summed E-state index contributed by atoms with van der Waals surface area (Å²) in [6.45, 7) is 8.92. The molecule has 2 aliphatic rings. The molecule has 2 aromatic carbocycles.